The largest absolute Gasteiger partial charge is 0.465 e. The molecule has 1 rings (SSSR count). The van der Waals surface area contributed by atoms with E-state index in [9.17, 15) is 9.59 Å². The van der Waals surface area contributed by atoms with Crippen LogP contribution in [0.2, 0.25) is 18.1 Å². The molecule has 0 aromatic rings. The highest BCUT2D eigenvalue weighted by atomic mass is 28.4. The highest BCUT2D eigenvalue weighted by Crippen LogP contribution is 2.48. The van der Waals surface area contributed by atoms with Crippen molar-refractivity contribution in [2.75, 3.05) is 13.2 Å². The topological polar surface area (TPSA) is 52.6 Å². The van der Waals surface area contributed by atoms with Crippen molar-refractivity contribution in [3.8, 4) is 0 Å². The molecule has 0 spiro atoms. The number of hydrogen-bond acceptors (Lipinski definition) is 4. The molecular weight excluding hydrogens is 284 g/mol. The van der Waals surface area contributed by atoms with Crippen LogP contribution in [-0.4, -0.2) is 33.3 Å². The molecule has 0 amide bonds. The lowest BCUT2D eigenvalue weighted by Crippen LogP contribution is -2.41. The van der Waals surface area contributed by atoms with Crippen LogP contribution in [0, 0.1) is 5.41 Å². The van der Waals surface area contributed by atoms with E-state index in [-0.39, 0.29) is 17.4 Å². The van der Waals surface area contributed by atoms with Gasteiger partial charge in [-0.25, -0.2) is 0 Å². The van der Waals surface area contributed by atoms with Crippen molar-refractivity contribution in [1.82, 2.24) is 0 Å². The number of esters is 1. The van der Waals surface area contributed by atoms with E-state index in [2.05, 4.69) is 33.9 Å². The molecule has 0 heterocycles. The van der Waals surface area contributed by atoms with E-state index in [1.807, 2.05) is 0 Å². The van der Waals surface area contributed by atoms with Crippen molar-refractivity contribution in [3.05, 3.63) is 11.6 Å². The van der Waals surface area contributed by atoms with Gasteiger partial charge in [-0.15, -0.1) is 0 Å². The maximum Gasteiger partial charge on any atom is 0.327 e. The lowest BCUT2D eigenvalue weighted by Gasteiger charge is -2.36. The van der Waals surface area contributed by atoms with Crippen LogP contribution in [0.25, 0.3) is 0 Å². The molecule has 0 saturated heterocycles. The second-order valence-corrected chi connectivity index (χ2v) is 11.9. The van der Waals surface area contributed by atoms with E-state index in [1.54, 1.807) is 13.0 Å². The summed E-state index contributed by atoms with van der Waals surface area (Å²) in [7, 11) is -1.79. The first-order valence-electron chi connectivity index (χ1n) is 7.53. The van der Waals surface area contributed by atoms with E-state index >= 15 is 0 Å². The van der Waals surface area contributed by atoms with Crippen molar-refractivity contribution in [2.24, 2.45) is 5.41 Å². The maximum atomic E-state index is 12.0. The van der Waals surface area contributed by atoms with Gasteiger partial charge < -0.3 is 9.16 Å². The van der Waals surface area contributed by atoms with Crippen molar-refractivity contribution < 1.29 is 18.8 Å². The molecular formula is C16H28O4Si. The molecule has 0 aromatic carbocycles. The van der Waals surface area contributed by atoms with Gasteiger partial charge in [-0.05, 0) is 44.0 Å². The molecule has 1 aliphatic carbocycles. The molecule has 0 aliphatic heterocycles. The van der Waals surface area contributed by atoms with Gasteiger partial charge in [0.15, 0.2) is 19.5 Å². The van der Waals surface area contributed by atoms with Crippen molar-refractivity contribution in [1.29, 1.82) is 0 Å². The van der Waals surface area contributed by atoms with Crippen molar-refractivity contribution in [2.45, 2.75) is 59.2 Å². The SMILES string of the molecule is CCOC(=O)C1(C(C)=O)C=C1CCO[Si](C)(C)C(C)(C)C. The summed E-state index contributed by atoms with van der Waals surface area (Å²) in [5.74, 6) is -0.608. The summed E-state index contributed by atoms with van der Waals surface area (Å²) in [5, 5.41) is 0.156. The number of Topliss-reactive ketones (excluding diaryl/α,β-unsaturated/α-hetero) is 1. The average molecular weight is 312 g/mol. The normalized spacial score (nSPS) is 21.8. The molecule has 5 heteroatoms. The van der Waals surface area contributed by atoms with Gasteiger partial charge >= 0.3 is 5.97 Å². The first-order chi connectivity index (χ1) is 9.49. The Morgan fingerprint density at radius 1 is 1.29 bits per heavy atom. The minimum Gasteiger partial charge on any atom is -0.465 e. The van der Waals surface area contributed by atoms with E-state index in [0.717, 1.165) is 5.57 Å². The van der Waals surface area contributed by atoms with Crippen LogP contribution in [-0.2, 0) is 18.8 Å². The number of ketones is 1. The van der Waals surface area contributed by atoms with E-state index < -0.39 is 19.7 Å². The third-order valence-electron chi connectivity index (χ3n) is 4.61. The number of ether oxygens (including phenoxy) is 1. The van der Waals surface area contributed by atoms with Crippen LogP contribution < -0.4 is 0 Å². The van der Waals surface area contributed by atoms with Crippen LogP contribution in [0.4, 0.5) is 0 Å². The summed E-state index contributed by atoms with van der Waals surface area (Å²) in [6.07, 6.45) is 2.34. The Bertz CT molecular complexity index is 459. The first kappa shape index (κ1) is 18.1. The van der Waals surface area contributed by atoms with Gasteiger partial charge in [0.2, 0.25) is 0 Å². The van der Waals surface area contributed by atoms with Gasteiger partial charge in [0, 0.05) is 6.61 Å². The molecule has 21 heavy (non-hydrogen) atoms. The van der Waals surface area contributed by atoms with E-state index in [4.69, 9.17) is 9.16 Å². The zero-order valence-corrected chi connectivity index (χ0v) is 15.3. The van der Waals surface area contributed by atoms with Crippen molar-refractivity contribution in [3.63, 3.8) is 0 Å². The molecule has 0 aromatic heterocycles. The summed E-state index contributed by atoms with van der Waals surface area (Å²) in [4.78, 5) is 23.8. The molecule has 1 unspecified atom stereocenters. The summed E-state index contributed by atoms with van der Waals surface area (Å²) in [6.45, 7) is 15.0. The fourth-order valence-electron chi connectivity index (χ4n) is 2.03. The predicted molar refractivity (Wildman–Crippen MR) is 85.6 cm³/mol. The second-order valence-electron chi connectivity index (χ2n) is 7.11. The van der Waals surface area contributed by atoms with Crippen molar-refractivity contribution >= 4 is 20.1 Å². The molecule has 0 N–H and O–H groups in total. The minimum absolute atomic E-state index is 0.156. The fourth-order valence-corrected chi connectivity index (χ4v) is 3.08. The zero-order valence-electron chi connectivity index (χ0n) is 14.3. The standard InChI is InChI=1S/C16H28O4Si/c1-8-19-14(18)16(12(2)17)11-13(16)9-10-20-21(6,7)15(3,4)5/h11H,8-10H2,1-7H3. The predicted octanol–water partition coefficient (Wildman–Crippen LogP) is 3.48. The monoisotopic (exact) mass is 312 g/mol. The Labute approximate surface area is 129 Å². The number of carbonyl (C=O) groups is 2. The third-order valence-corrected chi connectivity index (χ3v) is 9.15. The van der Waals surface area contributed by atoms with Gasteiger partial charge in [0.05, 0.1) is 6.61 Å². The Morgan fingerprint density at radius 2 is 1.86 bits per heavy atom. The van der Waals surface area contributed by atoms with Crippen LogP contribution in [0.3, 0.4) is 0 Å². The average Bonchev–Trinajstić information content (AvgIpc) is 3.03. The lowest BCUT2D eigenvalue weighted by molar-refractivity contribution is -0.151. The molecule has 120 valence electrons. The fraction of sp³-hybridized carbons (Fsp3) is 0.750. The van der Waals surface area contributed by atoms with Gasteiger partial charge in [-0.2, -0.15) is 0 Å². The number of hydrogen-bond donors (Lipinski definition) is 0. The zero-order chi connectivity index (χ0) is 16.5. The minimum atomic E-state index is -1.79. The second kappa shape index (κ2) is 6.05. The molecule has 0 fully saturated rings. The summed E-state index contributed by atoms with van der Waals surface area (Å²) < 4.78 is 11.1. The van der Waals surface area contributed by atoms with Gasteiger partial charge in [-0.1, -0.05) is 26.8 Å². The maximum absolute atomic E-state index is 12.0. The van der Waals surface area contributed by atoms with Gasteiger partial charge in [0.1, 0.15) is 0 Å². The number of rotatable bonds is 7. The highest BCUT2D eigenvalue weighted by Gasteiger charge is 2.56. The summed E-state index contributed by atoms with van der Waals surface area (Å²) in [5.41, 5.74) is -0.251. The Hall–Kier alpha value is -0.943. The molecule has 1 atom stereocenters. The first-order valence-corrected chi connectivity index (χ1v) is 10.4. The van der Waals surface area contributed by atoms with Gasteiger partial charge in [0.25, 0.3) is 0 Å². The van der Waals surface area contributed by atoms with Crippen LogP contribution in [0.1, 0.15) is 41.0 Å². The molecule has 0 radical (unpaired) electrons. The summed E-state index contributed by atoms with van der Waals surface area (Å²) in [6, 6.07) is 0. The quantitative estimate of drug-likeness (QED) is 0.312. The molecule has 4 nitrogen and oxygen atoms in total. The number of carbonyl (C=O) groups excluding carboxylic acids is 2. The molecule has 1 aliphatic rings. The third kappa shape index (κ3) is 3.63. The van der Waals surface area contributed by atoms with Crippen LogP contribution in [0.15, 0.2) is 11.6 Å². The Kier molecular flexibility index (Phi) is 5.21. The Morgan fingerprint density at radius 3 is 2.29 bits per heavy atom. The molecule has 0 bridgehead atoms. The highest BCUT2D eigenvalue weighted by molar-refractivity contribution is 6.74. The Balaban J connectivity index is 2.57. The summed E-state index contributed by atoms with van der Waals surface area (Å²) >= 11 is 0. The smallest absolute Gasteiger partial charge is 0.327 e. The van der Waals surface area contributed by atoms with Crippen LogP contribution in [0.5, 0.6) is 0 Å². The van der Waals surface area contributed by atoms with E-state index in [1.165, 1.54) is 6.92 Å². The van der Waals surface area contributed by atoms with E-state index in [0.29, 0.717) is 13.0 Å². The lowest BCUT2D eigenvalue weighted by atomic mass is 9.94. The van der Waals surface area contributed by atoms with Crippen LogP contribution >= 0.6 is 0 Å². The van der Waals surface area contributed by atoms with Gasteiger partial charge in [-0.3, -0.25) is 9.59 Å². The molecule has 0 saturated carbocycles.